The number of aromatic amines is 2. The summed E-state index contributed by atoms with van der Waals surface area (Å²) in [6.07, 6.45) is 1.50. The van der Waals surface area contributed by atoms with Crippen LogP contribution >= 0.6 is 12.2 Å². The quantitative estimate of drug-likeness (QED) is 0.442. The van der Waals surface area contributed by atoms with E-state index in [1.54, 1.807) is 6.92 Å². The van der Waals surface area contributed by atoms with E-state index in [4.69, 9.17) is 12.2 Å². The molecule has 0 saturated carbocycles. The maximum absolute atomic E-state index is 10.6. The van der Waals surface area contributed by atoms with Crippen molar-refractivity contribution in [3.8, 4) is 11.8 Å². The van der Waals surface area contributed by atoms with E-state index in [0.29, 0.717) is 10.2 Å². The molecule has 0 aliphatic carbocycles. The lowest BCUT2D eigenvalue weighted by Crippen LogP contribution is -2.09. The SMILES string of the molecule is CC#Cc1c[nH]c(=O)[nH]c1=S. The normalized spacial score (nSPS) is 8.45. The van der Waals surface area contributed by atoms with Gasteiger partial charge in [0.15, 0.2) is 0 Å². The molecule has 4 heteroatoms. The van der Waals surface area contributed by atoms with Crippen molar-refractivity contribution < 1.29 is 0 Å². The van der Waals surface area contributed by atoms with E-state index in [9.17, 15) is 4.79 Å². The second kappa shape index (κ2) is 3.17. The van der Waals surface area contributed by atoms with Gasteiger partial charge in [0.25, 0.3) is 0 Å². The molecule has 1 aromatic heterocycles. The lowest BCUT2D eigenvalue weighted by molar-refractivity contribution is 1.05. The van der Waals surface area contributed by atoms with Crippen LogP contribution in [0.3, 0.4) is 0 Å². The monoisotopic (exact) mass is 166 g/mol. The van der Waals surface area contributed by atoms with Crippen molar-refractivity contribution in [2.24, 2.45) is 0 Å². The Kier molecular flexibility index (Phi) is 2.24. The second-order valence-electron chi connectivity index (χ2n) is 1.86. The van der Waals surface area contributed by atoms with Crippen LogP contribution in [-0.4, -0.2) is 9.97 Å². The Balaban J connectivity index is 3.39. The standard InChI is InChI=1S/C7H6N2OS/c1-2-3-5-4-8-7(10)9-6(5)11/h4H,1H3,(H2,8,9,10,11). The Morgan fingerprint density at radius 3 is 2.91 bits per heavy atom. The third kappa shape index (κ3) is 1.79. The smallest absolute Gasteiger partial charge is 0.313 e. The summed E-state index contributed by atoms with van der Waals surface area (Å²) in [5, 5.41) is 0. The number of rotatable bonds is 0. The zero-order valence-electron chi connectivity index (χ0n) is 5.89. The van der Waals surface area contributed by atoms with Crippen LogP contribution < -0.4 is 5.69 Å². The van der Waals surface area contributed by atoms with Gasteiger partial charge in [-0.1, -0.05) is 18.1 Å². The molecule has 0 amide bonds. The molecular formula is C7H6N2OS. The molecule has 1 rings (SSSR count). The lowest BCUT2D eigenvalue weighted by Gasteiger charge is -1.87. The summed E-state index contributed by atoms with van der Waals surface area (Å²) in [6.45, 7) is 1.71. The number of hydrogen-bond donors (Lipinski definition) is 2. The van der Waals surface area contributed by atoms with Crippen molar-refractivity contribution in [1.29, 1.82) is 0 Å². The first-order valence-electron chi connectivity index (χ1n) is 2.99. The molecule has 0 aliphatic rings. The first-order chi connectivity index (χ1) is 5.24. The molecule has 0 aromatic carbocycles. The van der Waals surface area contributed by atoms with Crippen LogP contribution in [-0.2, 0) is 0 Å². The summed E-state index contributed by atoms with van der Waals surface area (Å²) in [5.74, 6) is 5.43. The fourth-order valence-corrected chi connectivity index (χ4v) is 0.840. The Labute approximate surface area is 68.5 Å². The number of aromatic nitrogens is 2. The first-order valence-corrected chi connectivity index (χ1v) is 3.39. The predicted octanol–water partition coefficient (Wildman–Crippen LogP) is 0.804. The molecule has 1 aromatic rings. The predicted molar refractivity (Wildman–Crippen MR) is 44.8 cm³/mol. The average molecular weight is 166 g/mol. The van der Waals surface area contributed by atoms with Gasteiger partial charge in [-0.3, -0.25) is 4.98 Å². The van der Waals surface area contributed by atoms with Gasteiger partial charge in [0.1, 0.15) is 4.64 Å². The molecule has 1 heterocycles. The van der Waals surface area contributed by atoms with E-state index >= 15 is 0 Å². The minimum Gasteiger partial charge on any atom is -0.313 e. The fraction of sp³-hybridized carbons (Fsp3) is 0.143. The van der Waals surface area contributed by atoms with Crippen LogP contribution in [0.5, 0.6) is 0 Å². The zero-order valence-corrected chi connectivity index (χ0v) is 6.71. The minimum atomic E-state index is -0.309. The molecule has 11 heavy (non-hydrogen) atoms. The molecule has 0 atom stereocenters. The first kappa shape index (κ1) is 7.76. The highest BCUT2D eigenvalue weighted by Crippen LogP contribution is 1.90. The largest absolute Gasteiger partial charge is 0.323 e. The molecule has 0 bridgehead atoms. The average Bonchev–Trinajstić information content (AvgIpc) is 1.95. The summed E-state index contributed by atoms with van der Waals surface area (Å²) in [6, 6.07) is 0. The van der Waals surface area contributed by atoms with E-state index in [1.807, 2.05) is 0 Å². The maximum Gasteiger partial charge on any atom is 0.323 e. The van der Waals surface area contributed by atoms with Crippen LogP contribution in [0.25, 0.3) is 0 Å². The number of H-pyrrole nitrogens is 2. The number of hydrogen-bond acceptors (Lipinski definition) is 2. The second-order valence-corrected chi connectivity index (χ2v) is 2.27. The molecule has 56 valence electrons. The van der Waals surface area contributed by atoms with Crippen molar-refractivity contribution >= 4 is 12.2 Å². The molecule has 3 nitrogen and oxygen atoms in total. The summed E-state index contributed by atoms with van der Waals surface area (Å²) in [4.78, 5) is 15.5. The molecular weight excluding hydrogens is 160 g/mol. The molecule has 2 N–H and O–H groups in total. The van der Waals surface area contributed by atoms with Gasteiger partial charge in [0.2, 0.25) is 0 Å². The van der Waals surface area contributed by atoms with Gasteiger partial charge in [-0.15, -0.1) is 5.92 Å². The zero-order chi connectivity index (χ0) is 8.27. The van der Waals surface area contributed by atoms with Crippen LogP contribution in [0.4, 0.5) is 0 Å². The van der Waals surface area contributed by atoms with Crippen molar-refractivity contribution in [3.05, 3.63) is 26.9 Å². The van der Waals surface area contributed by atoms with E-state index in [1.165, 1.54) is 6.20 Å². The third-order valence-electron chi connectivity index (χ3n) is 1.08. The molecule has 0 saturated heterocycles. The van der Waals surface area contributed by atoms with Crippen LogP contribution in [0, 0.1) is 16.5 Å². The van der Waals surface area contributed by atoms with Gasteiger partial charge >= 0.3 is 5.69 Å². The highest BCUT2D eigenvalue weighted by atomic mass is 32.1. The Morgan fingerprint density at radius 2 is 2.36 bits per heavy atom. The van der Waals surface area contributed by atoms with Crippen molar-refractivity contribution in [2.75, 3.05) is 0 Å². The molecule has 0 fully saturated rings. The van der Waals surface area contributed by atoms with Gasteiger partial charge in [0.05, 0.1) is 5.56 Å². The van der Waals surface area contributed by atoms with Crippen LogP contribution in [0.2, 0.25) is 0 Å². The van der Waals surface area contributed by atoms with Crippen LogP contribution in [0.1, 0.15) is 12.5 Å². The summed E-state index contributed by atoms with van der Waals surface area (Å²) in [7, 11) is 0. The Bertz CT molecular complexity index is 418. The van der Waals surface area contributed by atoms with E-state index in [2.05, 4.69) is 21.8 Å². The minimum absolute atomic E-state index is 0.309. The summed E-state index contributed by atoms with van der Waals surface area (Å²) in [5.41, 5.74) is 0.332. The lowest BCUT2D eigenvalue weighted by atomic mass is 10.3. The highest BCUT2D eigenvalue weighted by Gasteiger charge is 1.89. The summed E-state index contributed by atoms with van der Waals surface area (Å²) >= 11 is 4.83. The molecule has 0 spiro atoms. The van der Waals surface area contributed by atoms with E-state index in [-0.39, 0.29) is 5.69 Å². The Hall–Kier alpha value is -1.34. The van der Waals surface area contributed by atoms with Gasteiger partial charge in [-0.2, -0.15) is 0 Å². The Morgan fingerprint density at radius 1 is 1.64 bits per heavy atom. The van der Waals surface area contributed by atoms with Gasteiger partial charge in [-0.25, -0.2) is 4.79 Å². The molecule has 0 unspecified atom stereocenters. The third-order valence-corrected chi connectivity index (χ3v) is 1.40. The van der Waals surface area contributed by atoms with Crippen LogP contribution in [0.15, 0.2) is 11.0 Å². The van der Waals surface area contributed by atoms with Crippen molar-refractivity contribution in [1.82, 2.24) is 9.97 Å². The van der Waals surface area contributed by atoms with Crippen molar-refractivity contribution in [3.63, 3.8) is 0 Å². The van der Waals surface area contributed by atoms with Gasteiger partial charge in [0, 0.05) is 6.20 Å². The molecule has 0 aliphatic heterocycles. The van der Waals surface area contributed by atoms with Crippen molar-refractivity contribution in [2.45, 2.75) is 6.92 Å². The summed E-state index contributed by atoms with van der Waals surface area (Å²) < 4.78 is 0.378. The topological polar surface area (TPSA) is 48.6 Å². The van der Waals surface area contributed by atoms with E-state index < -0.39 is 0 Å². The fourth-order valence-electron chi connectivity index (χ4n) is 0.637. The molecule has 0 radical (unpaired) electrons. The number of nitrogens with one attached hydrogen (secondary N) is 2. The highest BCUT2D eigenvalue weighted by molar-refractivity contribution is 7.71. The van der Waals surface area contributed by atoms with Gasteiger partial charge in [-0.05, 0) is 6.92 Å². The van der Waals surface area contributed by atoms with E-state index in [0.717, 1.165) is 0 Å². The maximum atomic E-state index is 10.6. The van der Waals surface area contributed by atoms with Gasteiger partial charge < -0.3 is 4.98 Å².